The number of aromatic nitrogens is 3. The number of H-pyrrole nitrogens is 2. The number of imidazole rings is 1. The van der Waals surface area contributed by atoms with Crippen molar-refractivity contribution >= 4 is 16.9 Å². The number of carbonyl (C=O) groups is 1. The summed E-state index contributed by atoms with van der Waals surface area (Å²) in [5.41, 5.74) is 5.53. The van der Waals surface area contributed by atoms with Crippen LogP contribution in [-0.4, -0.2) is 38.8 Å². The third kappa shape index (κ3) is 2.40. The molecule has 5 heteroatoms. The van der Waals surface area contributed by atoms with Crippen LogP contribution in [0.4, 0.5) is 0 Å². The number of carbonyl (C=O) groups excluding carboxylic acids is 1. The van der Waals surface area contributed by atoms with Crippen molar-refractivity contribution in [2.75, 3.05) is 13.1 Å². The lowest BCUT2D eigenvalue weighted by molar-refractivity contribution is 0.0723. The lowest BCUT2D eigenvalue weighted by Crippen LogP contribution is -2.36. The fourth-order valence-electron chi connectivity index (χ4n) is 3.63. The molecular formula is C19H22N4O. The minimum absolute atomic E-state index is 0.142. The van der Waals surface area contributed by atoms with Gasteiger partial charge >= 0.3 is 0 Å². The van der Waals surface area contributed by atoms with Crippen LogP contribution in [-0.2, 0) is 0 Å². The summed E-state index contributed by atoms with van der Waals surface area (Å²) in [6.45, 7) is 5.70. The number of aryl methyl sites for hydroxylation is 1. The molecule has 24 heavy (non-hydrogen) atoms. The summed E-state index contributed by atoms with van der Waals surface area (Å²) in [5, 5.41) is 0. The van der Waals surface area contributed by atoms with Gasteiger partial charge in [0, 0.05) is 18.8 Å². The number of aromatic amines is 2. The van der Waals surface area contributed by atoms with Crippen LogP contribution in [0, 0.1) is 13.8 Å². The molecule has 0 spiro atoms. The van der Waals surface area contributed by atoms with Gasteiger partial charge in [0.15, 0.2) is 5.82 Å². The van der Waals surface area contributed by atoms with Gasteiger partial charge in [0.2, 0.25) is 0 Å². The van der Waals surface area contributed by atoms with Crippen LogP contribution in [0.15, 0.2) is 24.3 Å². The Hall–Kier alpha value is -2.56. The van der Waals surface area contributed by atoms with Crippen molar-refractivity contribution in [1.82, 2.24) is 19.9 Å². The molecule has 1 aliphatic rings. The second-order valence-corrected chi connectivity index (χ2v) is 6.58. The minimum Gasteiger partial charge on any atom is -0.355 e. The molecule has 1 saturated heterocycles. The molecule has 124 valence electrons. The minimum atomic E-state index is 0.142. The Kier molecular flexibility index (Phi) is 3.63. The molecule has 1 fully saturated rings. The van der Waals surface area contributed by atoms with E-state index in [2.05, 4.69) is 15.0 Å². The lowest BCUT2D eigenvalue weighted by Gasteiger charge is -2.27. The summed E-state index contributed by atoms with van der Waals surface area (Å²) >= 11 is 0. The first-order valence-electron chi connectivity index (χ1n) is 8.58. The Morgan fingerprint density at radius 3 is 2.58 bits per heavy atom. The van der Waals surface area contributed by atoms with E-state index in [-0.39, 0.29) is 5.91 Å². The van der Waals surface area contributed by atoms with Gasteiger partial charge in [0.05, 0.1) is 22.3 Å². The van der Waals surface area contributed by atoms with Gasteiger partial charge in [-0.15, -0.1) is 0 Å². The lowest BCUT2D eigenvalue weighted by atomic mass is 10.1. The summed E-state index contributed by atoms with van der Waals surface area (Å²) in [6, 6.07) is 7.96. The predicted octanol–water partition coefficient (Wildman–Crippen LogP) is 3.80. The number of nitrogens with one attached hydrogen (secondary N) is 2. The molecule has 0 unspecified atom stereocenters. The molecule has 1 aromatic carbocycles. The SMILES string of the molecule is Cc1[nH]c(-c2nc3ccccc3[nH]2)c(C)c1C(=O)N1CCCCC1. The molecule has 2 aromatic heterocycles. The van der Waals surface area contributed by atoms with Crippen LogP contribution in [0.5, 0.6) is 0 Å². The first-order chi connectivity index (χ1) is 11.6. The Bertz CT molecular complexity index is 866. The first-order valence-corrected chi connectivity index (χ1v) is 8.58. The zero-order chi connectivity index (χ0) is 16.7. The highest BCUT2D eigenvalue weighted by Gasteiger charge is 2.25. The molecule has 0 atom stereocenters. The van der Waals surface area contributed by atoms with Crippen LogP contribution in [0.1, 0.15) is 40.9 Å². The molecule has 2 N–H and O–H groups in total. The van der Waals surface area contributed by atoms with E-state index >= 15 is 0 Å². The largest absolute Gasteiger partial charge is 0.355 e. The summed E-state index contributed by atoms with van der Waals surface area (Å²) < 4.78 is 0. The van der Waals surface area contributed by atoms with Gasteiger partial charge in [0.25, 0.3) is 5.91 Å². The van der Waals surface area contributed by atoms with Crippen LogP contribution in [0.3, 0.4) is 0 Å². The molecule has 1 amide bonds. The van der Waals surface area contributed by atoms with Crippen molar-refractivity contribution in [2.45, 2.75) is 33.1 Å². The van der Waals surface area contributed by atoms with E-state index in [1.54, 1.807) is 0 Å². The molecule has 0 radical (unpaired) electrons. The van der Waals surface area contributed by atoms with Gasteiger partial charge < -0.3 is 14.9 Å². The monoisotopic (exact) mass is 322 g/mol. The van der Waals surface area contributed by atoms with E-state index in [0.29, 0.717) is 0 Å². The average molecular weight is 322 g/mol. The molecule has 3 heterocycles. The number of fused-ring (bicyclic) bond motifs is 1. The van der Waals surface area contributed by atoms with Crippen molar-refractivity contribution in [1.29, 1.82) is 0 Å². The Morgan fingerprint density at radius 2 is 1.83 bits per heavy atom. The highest BCUT2D eigenvalue weighted by molar-refractivity contribution is 5.99. The van der Waals surface area contributed by atoms with Crippen molar-refractivity contribution in [3.8, 4) is 11.5 Å². The fraction of sp³-hybridized carbons (Fsp3) is 0.368. The van der Waals surface area contributed by atoms with E-state index in [9.17, 15) is 4.79 Å². The maximum absolute atomic E-state index is 12.9. The molecule has 5 nitrogen and oxygen atoms in total. The van der Waals surface area contributed by atoms with Gasteiger partial charge in [-0.25, -0.2) is 4.98 Å². The molecule has 1 aliphatic heterocycles. The van der Waals surface area contributed by atoms with Crippen molar-refractivity contribution < 1.29 is 4.79 Å². The Labute approximate surface area is 141 Å². The Balaban J connectivity index is 1.74. The van der Waals surface area contributed by atoms with Crippen molar-refractivity contribution in [2.24, 2.45) is 0 Å². The van der Waals surface area contributed by atoms with Crippen molar-refractivity contribution in [3.05, 3.63) is 41.1 Å². The van der Waals surface area contributed by atoms with Gasteiger partial charge in [-0.05, 0) is 50.8 Å². The third-order valence-corrected chi connectivity index (χ3v) is 4.92. The van der Waals surface area contributed by atoms with Gasteiger partial charge in [-0.1, -0.05) is 12.1 Å². The molecular weight excluding hydrogens is 300 g/mol. The van der Waals surface area contributed by atoms with Crippen molar-refractivity contribution in [3.63, 3.8) is 0 Å². The third-order valence-electron chi connectivity index (χ3n) is 4.92. The van der Waals surface area contributed by atoms with Gasteiger partial charge in [-0.2, -0.15) is 0 Å². The smallest absolute Gasteiger partial charge is 0.255 e. The molecule has 0 aliphatic carbocycles. The normalized spacial score (nSPS) is 15.2. The predicted molar refractivity (Wildman–Crippen MR) is 95.1 cm³/mol. The number of rotatable bonds is 2. The van der Waals surface area contributed by atoms with Crippen LogP contribution in [0.25, 0.3) is 22.6 Å². The summed E-state index contributed by atoms with van der Waals surface area (Å²) in [5.74, 6) is 0.929. The van der Waals surface area contributed by atoms with Gasteiger partial charge in [0.1, 0.15) is 0 Å². The fourth-order valence-corrected chi connectivity index (χ4v) is 3.63. The highest BCUT2D eigenvalue weighted by Crippen LogP contribution is 2.28. The zero-order valence-electron chi connectivity index (χ0n) is 14.1. The second-order valence-electron chi connectivity index (χ2n) is 6.58. The average Bonchev–Trinajstić information content (AvgIpc) is 3.15. The highest BCUT2D eigenvalue weighted by atomic mass is 16.2. The zero-order valence-corrected chi connectivity index (χ0v) is 14.1. The first kappa shape index (κ1) is 15.0. The molecule has 3 aromatic rings. The van der Waals surface area contributed by atoms with E-state index in [1.165, 1.54) is 6.42 Å². The quantitative estimate of drug-likeness (QED) is 0.753. The Morgan fingerprint density at radius 1 is 1.08 bits per heavy atom. The number of hydrogen-bond acceptors (Lipinski definition) is 2. The maximum Gasteiger partial charge on any atom is 0.255 e. The van der Waals surface area contributed by atoms with E-state index in [4.69, 9.17) is 0 Å². The number of likely N-dealkylation sites (tertiary alicyclic amines) is 1. The van der Waals surface area contributed by atoms with Gasteiger partial charge in [-0.3, -0.25) is 4.79 Å². The van der Waals surface area contributed by atoms with E-state index < -0.39 is 0 Å². The topological polar surface area (TPSA) is 64.8 Å². The van der Waals surface area contributed by atoms with Crippen LogP contribution in [0.2, 0.25) is 0 Å². The number of nitrogens with zero attached hydrogens (tertiary/aromatic N) is 2. The molecule has 0 bridgehead atoms. The summed E-state index contributed by atoms with van der Waals surface area (Å²) in [4.78, 5) is 26.3. The summed E-state index contributed by atoms with van der Waals surface area (Å²) in [6.07, 6.45) is 3.43. The van der Waals surface area contributed by atoms with E-state index in [1.807, 2.05) is 43.0 Å². The number of para-hydroxylation sites is 2. The molecule has 4 rings (SSSR count). The maximum atomic E-state index is 12.9. The van der Waals surface area contributed by atoms with E-state index in [0.717, 1.165) is 65.3 Å². The second kappa shape index (κ2) is 5.82. The number of amides is 1. The van der Waals surface area contributed by atoms with Crippen LogP contribution >= 0.6 is 0 Å². The standard InChI is InChI=1S/C19H22N4O/c1-12-16(19(24)23-10-6-3-7-11-23)13(2)20-17(12)18-21-14-8-4-5-9-15(14)22-18/h4-5,8-9,20H,3,6-7,10-11H2,1-2H3,(H,21,22). The summed E-state index contributed by atoms with van der Waals surface area (Å²) in [7, 11) is 0. The number of piperidine rings is 1. The number of benzene rings is 1. The number of hydrogen-bond donors (Lipinski definition) is 2. The van der Waals surface area contributed by atoms with Crippen LogP contribution < -0.4 is 0 Å². The molecule has 0 saturated carbocycles.